The highest BCUT2D eigenvalue weighted by molar-refractivity contribution is 7.89. The van der Waals surface area contributed by atoms with E-state index in [-0.39, 0.29) is 4.90 Å². The summed E-state index contributed by atoms with van der Waals surface area (Å²) in [6.07, 6.45) is 0. The Hall–Kier alpha value is -1.44. The molecule has 0 spiro atoms. The fourth-order valence-electron chi connectivity index (χ4n) is 1.52. The second-order valence-corrected chi connectivity index (χ2v) is 6.05. The Morgan fingerprint density at radius 1 is 1.37 bits per heavy atom. The van der Waals surface area contributed by atoms with E-state index < -0.39 is 28.6 Å². The van der Waals surface area contributed by atoms with E-state index in [4.69, 9.17) is 5.11 Å². The number of carbonyl (C=O) groups excluding carboxylic acids is 1. The number of rotatable bonds is 5. The number of likely N-dealkylation sites (N-methyl/N-ethyl adjacent to an activating group) is 1. The number of aliphatic hydroxyl groups excluding tert-OH is 1. The first-order valence-electron chi connectivity index (χ1n) is 5.58. The normalized spacial score (nSPS) is 13.3. The highest BCUT2D eigenvalue weighted by atomic mass is 32.2. The molecule has 0 aromatic heterocycles. The molecule has 1 N–H and O–H groups in total. The third-order valence-corrected chi connectivity index (χ3v) is 4.66. The van der Waals surface area contributed by atoms with Gasteiger partial charge in [-0.25, -0.2) is 8.42 Å². The molecule has 0 amide bonds. The van der Waals surface area contributed by atoms with E-state index in [0.29, 0.717) is 0 Å². The van der Waals surface area contributed by atoms with Crippen molar-refractivity contribution in [3.8, 4) is 0 Å². The number of carbonyl (C=O) groups is 1. The Balaban J connectivity index is 3.11. The maximum Gasteiger partial charge on any atom is 0.326 e. The van der Waals surface area contributed by atoms with E-state index >= 15 is 0 Å². The molecule has 1 aromatic rings. The Morgan fingerprint density at radius 2 is 1.89 bits per heavy atom. The van der Waals surface area contributed by atoms with E-state index in [1.807, 2.05) is 6.92 Å². The molecule has 0 fully saturated rings. The third kappa shape index (κ3) is 3.31. The van der Waals surface area contributed by atoms with Crippen LogP contribution in [0.4, 0.5) is 0 Å². The number of benzene rings is 1. The summed E-state index contributed by atoms with van der Waals surface area (Å²) < 4.78 is 29.8. The van der Waals surface area contributed by atoms with Gasteiger partial charge in [0.15, 0.2) is 0 Å². The molecule has 1 rings (SSSR count). The van der Waals surface area contributed by atoms with Crippen LogP contribution in [0.5, 0.6) is 0 Å². The zero-order chi connectivity index (χ0) is 14.6. The molecule has 0 unspecified atom stereocenters. The first-order chi connectivity index (χ1) is 8.84. The lowest BCUT2D eigenvalue weighted by atomic mass is 10.2. The van der Waals surface area contributed by atoms with E-state index in [0.717, 1.165) is 17.0 Å². The maximum absolute atomic E-state index is 12.3. The highest BCUT2D eigenvalue weighted by Crippen LogP contribution is 2.17. The molecule has 0 heterocycles. The van der Waals surface area contributed by atoms with Crippen molar-refractivity contribution in [2.45, 2.75) is 17.9 Å². The number of aliphatic hydroxyl groups is 1. The minimum Gasteiger partial charge on any atom is -0.468 e. The number of esters is 1. The van der Waals surface area contributed by atoms with Gasteiger partial charge in [-0.1, -0.05) is 17.7 Å². The lowest BCUT2D eigenvalue weighted by Crippen LogP contribution is -2.45. The molecular formula is C12H17NO5S. The Labute approximate surface area is 112 Å². The van der Waals surface area contributed by atoms with E-state index in [9.17, 15) is 13.2 Å². The molecule has 106 valence electrons. The van der Waals surface area contributed by atoms with Crippen molar-refractivity contribution in [3.05, 3.63) is 29.8 Å². The molecule has 1 aromatic carbocycles. The van der Waals surface area contributed by atoms with E-state index in [1.54, 1.807) is 12.1 Å². The van der Waals surface area contributed by atoms with Crippen molar-refractivity contribution in [3.63, 3.8) is 0 Å². The third-order valence-electron chi connectivity index (χ3n) is 2.78. The quantitative estimate of drug-likeness (QED) is 0.779. The average Bonchev–Trinajstić information content (AvgIpc) is 2.39. The van der Waals surface area contributed by atoms with Gasteiger partial charge in [0.1, 0.15) is 6.04 Å². The summed E-state index contributed by atoms with van der Waals surface area (Å²) >= 11 is 0. The average molecular weight is 287 g/mol. The molecule has 0 aliphatic rings. The topological polar surface area (TPSA) is 83.9 Å². The van der Waals surface area contributed by atoms with E-state index in [1.165, 1.54) is 19.2 Å². The Morgan fingerprint density at radius 3 is 2.32 bits per heavy atom. The van der Waals surface area contributed by atoms with Crippen LogP contribution in [-0.4, -0.2) is 50.6 Å². The first kappa shape index (κ1) is 15.6. The molecule has 0 aliphatic heterocycles. The zero-order valence-corrected chi connectivity index (χ0v) is 11.8. The smallest absolute Gasteiger partial charge is 0.326 e. The summed E-state index contributed by atoms with van der Waals surface area (Å²) in [4.78, 5) is 11.5. The molecule has 0 bridgehead atoms. The summed E-state index contributed by atoms with van der Waals surface area (Å²) in [6.45, 7) is 1.19. The summed E-state index contributed by atoms with van der Waals surface area (Å²) in [7, 11) is -1.48. The van der Waals surface area contributed by atoms with Crippen LogP contribution in [0, 0.1) is 6.92 Å². The zero-order valence-electron chi connectivity index (χ0n) is 11.0. The van der Waals surface area contributed by atoms with E-state index in [2.05, 4.69) is 4.74 Å². The SMILES string of the molecule is COC(=O)[C@H](CO)N(C)S(=O)(=O)c1ccc(C)cc1. The standard InChI is InChI=1S/C12H17NO5S/c1-9-4-6-10(7-5-9)19(16,17)13(2)11(8-14)12(15)18-3/h4-7,11,14H,8H2,1-3H3/t11-/m0/s1. The predicted molar refractivity (Wildman–Crippen MR) is 69.0 cm³/mol. The molecule has 0 aliphatic carbocycles. The van der Waals surface area contributed by atoms with Crippen molar-refractivity contribution in [2.75, 3.05) is 20.8 Å². The van der Waals surface area contributed by atoms with Crippen LogP contribution in [0.25, 0.3) is 0 Å². The number of nitrogens with zero attached hydrogens (tertiary/aromatic N) is 1. The first-order valence-corrected chi connectivity index (χ1v) is 7.02. The van der Waals surface area contributed by atoms with Gasteiger partial charge in [-0.2, -0.15) is 4.31 Å². The van der Waals surface area contributed by atoms with Crippen LogP contribution in [0.15, 0.2) is 29.2 Å². The van der Waals surface area contributed by atoms with Gasteiger partial charge in [-0.05, 0) is 19.1 Å². The minimum absolute atomic E-state index is 0.0583. The summed E-state index contributed by atoms with van der Waals surface area (Å²) in [5.41, 5.74) is 0.924. The van der Waals surface area contributed by atoms with Crippen molar-refractivity contribution < 1.29 is 23.1 Å². The fraction of sp³-hybridized carbons (Fsp3) is 0.417. The molecule has 6 nitrogen and oxygen atoms in total. The van der Waals surface area contributed by atoms with Gasteiger partial charge in [0.05, 0.1) is 18.6 Å². The van der Waals surface area contributed by atoms with Crippen LogP contribution in [0.1, 0.15) is 5.56 Å². The Kier molecular flexibility index (Phi) is 5.04. The number of aryl methyl sites for hydroxylation is 1. The minimum atomic E-state index is -3.85. The van der Waals surface area contributed by atoms with Crippen molar-refractivity contribution in [1.82, 2.24) is 4.31 Å². The largest absolute Gasteiger partial charge is 0.468 e. The number of hydrogen-bond acceptors (Lipinski definition) is 5. The number of methoxy groups -OCH3 is 1. The molecular weight excluding hydrogens is 270 g/mol. The maximum atomic E-state index is 12.3. The van der Waals surface area contributed by atoms with Crippen molar-refractivity contribution >= 4 is 16.0 Å². The van der Waals surface area contributed by atoms with Crippen LogP contribution >= 0.6 is 0 Å². The fourth-order valence-corrected chi connectivity index (χ4v) is 2.82. The van der Waals surface area contributed by atoms with Gasteiger partial charge in [-0.15, -0.1) is 0 Å². The van der Waals surface area contributed by atoms with Gasteiger partial charge >= 0.3 is 5.97 Å². The molecule has 19 heavy (non-hydrogen) atoms. The summed E-state index contributed by atoms with van der Waals surface area (Å²) in [6, 6.07) is 4.97. The van der Waals surface area contributed by atoms with Crippen molar-refractivity contribution in [2.24, 2.45) is 0 Å². The van der Waals surface area contributed by atoms with Gasteiger partial charge in [0.25, 0.3) is 0 Å². The monoisotopic (exact) mass is 287 g/mol. The van der Waals surface area contributed by atoms with Crippen LogP contribution in [0.2, 0.25) is 0 Å². The van der Waals surface area contributed by atoms with Gasteiger partial charge in [0.2, 0.25) is 10.0 Å². The number of hydrogen-bond donors (Lipinski definition) is 1. The molecule has 0 saturated carbocycles. The van der Waals surface area contributed by atoms with Gasteiger partial charge in [-0.3, -0.25) is 4.79 Å². The Bertz CT molecular complexity index is 538. The summed E-state index contributed by atoms with van der Waals surface area (Å²) in [5.74, 6) is -0.805. The number of ether oxygens (including phenoxy) is 1. The summed E-state index contributed by atoms with van der Waals surface area (Å²) in [5, 5.41) is 9.15. The van der Waals surface area contributed by atoms with Crippen molar-refractivity contribution in [1.29, 1.82) is 0 Å². The highest BCUT2D eigenvalue weighted by Gasteiger charge is 2.33. The van der Waals surface area contributed by atoms with Gasteiger partial charge < -0.3 is 9.84 Å². The van der Waals surface area contributed by atoms with Crippen LogP contribution in [0.3, 0.4) is 0 Å². The molecule has 7 heteroatoms. The predicted octanol–water partition coefficient (Wildman–Crippen LogP) is 0.149. The molecule has 1 atom stereocenters. The molecule has 0 radical (unpaired) electrons. The van der Waals surface area contributed by atoms with Gasteiger partial charge in [0, 0.05) is 7.05 Å². The second-order valence-electron chi connectivity index (χ2n) is 4.06. The lowest BCUT2D eigenvalue weighted by Gasteiger charge is -2.23. The lowest BCUT2D eigenvalue weighted by molar-refractivity contribution is -0.146. The number of sulfonamides is 1. The molecule has 0 saturated heterocycles. The second kappa shape index (κ2) is 6.14. The van der Waals surface area contributed by atoms with Crippen LogP contribution < -0.4 is 0 Å². The van der Waals surface area contributed by atoms with Crippen LogP contribution in [-0.2, 0) is 19.6 Å².